The van der Waals surface area contributed by atoms with Crippen LogP contribution in [-0.4, -0.2) is 30.3 Å². The Kier molecular flexibility index (Phi) is 6.91. The van der Waals surface area contributed by atoms with Crippen LogP contribution in [0.1, 0.15) is 32.6 Å². The topological polar surface area (TPSA) is 49.4 Å². The van der Waals surface area contributed by atoms with Gasteiger partial charge in [-0.1, -0.05) is 48.0 Å². The van der Waals surface area contributed by atoms with Crippen molar-refractivity contribution < 1.29 is 22.8 Å². The standard InChI is InChI=1S/C26H25F3N2O2/c1-16-13-17(2)24(18(3)14-16)30-23(32)15-31(4)25(33)22-8-6-5-7-21(22)19-9-11-20(12-10-19)26(27,28)29/h5-14H,15H2,1-4H3,(H,30,32). The second kappa shape index (κ2) is 9.48. The first kappa shape index (κ1) is 24.0. The predicted molar refractivity (Wildman–Crippen MR) is 123 cm³/mol. The molecule has 0 saturated carbocycles. The summed E-state index contributed by atoms with van der Waals surface area (Å²) in [4.78, 5) is 27.0. The SMILES string of the molecule is Cc1cc(C)c(NC(=O)CN(C)C(=O)c2ccccc2-c2ccc(C(F)(F)F)cc2)c(C)c1. The Labute approximate surface area is 191 Å². The average molecular weight is 454 g/mol. The Morgan fingerprint density at radius 3 is 2.06 bits per heavy atom. The van der Waals surface area contributed by atoms with Crippen molar-refractivity contribution in [1.29, 1.82) is 0 Å². The van der Waals surface area contributed by atoms with E-state index in [0.717, 1.165) is 34.5 Å². The van der Waals surface area contributed by atoms with Crippen molar-refractivity contribution in [3.05, 3.63) is 88.5 Å². The summed E-state index contributed by atoms with van der Waals surface area (Å²) in [6, 6.07) is 15.2. The molecular formula is C26H25F3N2O2. The maximum atomic E-state index is 13.1. The van der Waals surface area contributed by atoms with Gasteiger partial charge in [-0.05, 0) is 61.2 Å². The summed E-state index contributed by atoms with van der Waals surface area (Å²) in [6.45, 7) is 5.62. The van der Waals surface area contributed by atoms with Crippen LogP contribution < -0.4 is 5.32 Å². The van der Waals surface area contributed by atoms with Gasteiger partial charge < -0.3 is 10.2 Å². The van der Waals surface area contributed by atoms with Gasteiger partial charge in [0.15, 0.2) is 0 Å². The number of likely N-dealkylation sites (N-methyl/N-ethyl adjacent to an activating group) is 1. The third-order valence-corrected chi connectivity index (χ3v) is 5.35. The van der Waals surface area contributed by atoms with Gasteiger partial charge in [0.1, 0.15) is 0 Å². The number of benzene rings is 3. The van der Waals surface area contributed by atoms with Crippen LogP contribution in [0.4, 0.5) is 18.9 Å². The Hall–Kier alpha value is -3.61. The minimum atomic E-state index is -4.43. The Morgan fingerprint density at radius 1 is 0.909 bits per heavy atom. The van der Waals surface area contributed by atoms with Crippen molar-refractivity contribution in [2.75, 3.05) is 18.9 Å². The van der Waals surface area contributed by atoms with Crippen LogP contribution in [-0.2, 0) is 11.0 Å². The summed E-state index contributed by atoms with van der Waals surface area (Å²) in [5.41, 5.74) is 4.20. The van der Waals surface area contributed by atoms with Gasteiger partial charge >= 0.3 is 6.18 Å². The van der Waals surface area contributed by atoms with E-state index in [0.29, 0.717) is 16.7 Å². The lowest BCUT2D eigenvalue weighted by Gasteiger charge is -2.20. The average Bonchev–Trinajstić information content (AvgIpc) is 2.75. The molecule has 0 saturated heterocycles. The molecular weight excluding hydrogens is 429 g/mol. The number of halogens is 3. The maximum Gasteiger partial charge on any atom is 0.416 e. The van der Waals surface area contributed by atoms with Crippen molar-refractivity contribution in [3.8, 4) is 11.1 Å². The van der Waals surface area contributed by atoms with E-state index in [9.17, 15) is 22.8 Å². The number of rotatable bonds is 5. The lowest BCUT2D eigenvalue weighted by atomic mass is 9.98. The zero-order chi connectivity index (χ0) is 24.3. The minimum Gasteiger partial charge on any atom is -0.332 e. The van der Waals surface area contributed by atoms with E-state index in [1.807, 2.05) is 32.9 Å². The Morgan fingerprint density at radius 2 is 1.48 bits per heavy atom. The van der Waals surface area contributed by atoms with Crippen molar-refractivity contribution in [2.45, 2.75) is 26.9 Å². The molecule has 0 aliphatic heterocycles. The molecule has 3 aromatic carbocycles. The summed E-state index contributed by atoms with van der Waals surface area (Å²) in [5, 5.41) is 2.87. The molecule has 4 nitrogen and oxygen atoms in total. The molecule has 172 valence electrons. The number of hydrogen-bond acceptors (Lipinski definition) is 2. The monoisotopic (exact) mass is 454 g/mol. The van der Waals surface area contributed by atoms with Gasteiger partial charge in [0.05, 0.1) is 12.1 Å². The van der Waals surface area contributed by atoms with Gasteiger partial charge in [0.2, 0.25) is 5.91 Å². The molecule has 0 atom stereocenters. The zero-order valence-corrected chi connectivity index (χ0v) is 18.9. The third-order valence-electron chi connectivity index (χ3n) is 5.35. The highest BCUT2D eigenvalue weighted by Gasteiger charge is 2.30. The van der Waals surface area contributed by atoms with E-state index in [2.05, 4.69) is 5.32 Å². The molecule has 2 amide bonds. The van der Waals surface area contributed by atoms with Gasteiger partial charge in [-0.15, -0.1) is 0 Å². The third kappa shape index (κ3) is 5.61. The van der Waals surface area contributed by atoms with E-state index in [1.54, 1.807) is 24.3 Å². The molecule has 0 fully saturated rings. The number of aryl methyl sites for hydroxylation is 3. The van der Waals surface area contributed by atoms with Crippen LogP contribution in [0, 0.1) is 20.8 Å². The van der Waals surface area contributed by atoms with Crippen molar-refractivity contribution in [3.63, 3.8) is 0 Å². The smallest absolute Gasteiger partial charge is 0.332 e. The molecule has 0 aliphatic rings. The van der Waals surface area contributed by atoms with Gasteiger partial charge in [-0.25, -0.2) is 0 Å². The summed E-state index contributed by atoms with van der Waals surface area (Å²) in [6.07, 6.45) is -4.43. The van der Waals surface area contributed by atoms with Crippen LogP contribution in [0.25, 0.3) is 11.1 Å². The molecule has 0 aromatic heterocycles. The molecule has 0 heterocycles. The highest BCUT2D eigenvalue weighted by atomic mass is 19.4. The quantitative estimate of drug-likeness (QED) is 0.513. The molecule has 0 spiro atoms. The van der Waals surface area contributed by atoms with E-state index in [1.165, 1.54) is 24.1 Å². The summed E-state index contributed by atoms with van der Waals surface area (Å²) >= 11 is 0. The first-order valence-electron chi connectivity index (χ1n) is 10.4. The maximum absolute atomic E-state index is 13.1. The van der Waals surface area contributed by atoms with Crippen molar-refractivity contribution in [1.82, 2.24) is 4.90 Å². The van der Waals surface area contributed by atoms with Crippen LogP contribution in [0.3, 0.4) is 0 Å². The van der Waals surface area contributed by atoms with Crippen LogP contribution in [0.2, 0.25) is 0 Å². The van der Waals surface area contributed by atoms with Crippen molar-refractivity contribution in [2.24, 2.45) is 0 Å². The van der Waals surface area contributed by atoms with Gasteiger partial charge in [-0.2, -0.15) is 13.2 Å². The summed E-state index contributed by atoms with van der Waals surface area (Å²) in [7, 11) is 1.51. The fourth-order valence-corrected chi connectivity index (χ4v) is 3.81. The van der Waals surface area contributed by atoms with E-state index >= 15 is 0 Å². The number of hydrogen-bond donors (Lipinski definition) is 1. The van der Waals surface area contributed by atoms with Crippen LogP contribution in [0.15, 0.2) is 60.7 Å². The summed E-state index contributed by atoms with van der Waals surface area (Å²) < 4.78 is 38.7. The lowest BCUT2D eigenvalue weighted by molar-refractivity contribution is -0.137. The van der Waals surface area contributed by atoms with Gasteiger partial charge in [0.25, 0.3) is 5.91 Å². The first-order valence-corrected chi connectivity index (χ1v) is 10.4. The molecule has 3 aromatic rings. The largest absolute Gasteiger partial charge is 0.416 e. The first-order chi connectivity index (χ1) is 15.5. The number of carbonyl (C=O) groups excluding carboxylic acids is 2. The molecule has 1 N–H and O–H groups in total. The molecule has 0 unspecified atom stereocenters. The highest BCUT2D eigenvalue weighted by molar-refractivity contribution is 6.03. The van der Waals surface area contributed by atoms with E-state index in [-0.39, 0.29) is 12.5 Å². The molecule has 33 heavy (non-hydrogen) atoms. The number of carbonyl (C=O) groups is 2. The number of nitrogens with one attached hydrogen (secondary N) is 1. The van der Waals surface area contributed by atoms with E-state index in [4.69, 9.17) is 0 Å². The zero-order valence-electron chi connectivity index (χ0n) is 18.9. The predicted octanol–water partition coefficient (Wildman–Crippen LogP) is 6.01. The Balaban J connectivity index is 1.78. The number of alkyl halides is 3. The fourth-order valence-electron chi connectivity index (χ4n) is 3.81. The van der Waals surface area contributed by atoms with Crippen LogP contribution >= 0.6 is 0 Å². The molecule has 0 radical (unpaired) electrons. The molecule has 0 aliphatic carbocycles. The number of amides is 2. The second-order valence-electron chi connectivity index (χ2n) is 8.10. The van der Waals surface area contributed by atoms with Gasteiger partial charge in [-0.3, -0.25) is 9.59 Å². The second-order valence-corrected chi connectivity index (χ2v) is 8.10. The van der Waals surface area contributed by atoms with Crippen LogP contribution in [0.5, 0.6) is 0 Å². The number of nitrogens with zero attached hydrogens (tertiary/aromatic N) is 1. The summed E-state index contributed by atoms with van der Waals surface area (Å²) in [5.74, 6) is -0.745. The Bertz CT molecular complexity index is 1160. The van der Waals surface area contributed by atoms with Crippen molar-refractivity contribution >= 4 is 17.5 Å². The number of anilines is 1. The fraction of sp³-hybridized carbons (Fsp3) is 0.231. The van der Waals surface area contributed by atoms with Gasteiger partial charge in [0, 0.05) is 18.3 Å². The lowest BCUT2D eigenvalue weighted by Crippen LogP contribution is -2.35. The molecule has 3 rings (SSSR count). The molecule has 7 heteroatoms. The highest BCUT2D eigenvalue weighted by Crippen LogP contribution is 2.32. The minimum absolute atomic E-state index is 0.174. The molecule has 0 bridgehead atoms. The normalized spacial score (nSPS) is 11.2. The van der Waals surface area contributed by atoms with E-state index < -0.39 is 17.6 Å².